The number of hydrogen-bond acceptors (Lipinski definition) is 7. The zero-order valence-electron chi connectivity index (χ0n) is 11.3. The highest BCUT2D eigenvalue weighted by atomic mass is 16.7. The van der Waals surface area contributed by atoms with Gasteiger partial charge >= 0.3 is 6.01 Å². The minimum absolute atomic E-state index is 0.139. The summed E-state index contributed by atoms with van der Waals surface area (Å²) in [6.45, 7) is 0. The minimum atomic E-state index is -0.779. The number of nitrogens with zero attached hydrogens (tertiary/aromatic N) is 5. The van der Waals surface area contributed by atoms with Crippen LogP contribution in [0.5, 0.6) is 6.01 Å². The van der Waals surface area contributed by atoms with Crippen molar-refractivity contribution in [2.75, 3.05) is 12.5 Å². The highest BCUT2D eigenvalue weighted by Crippen LogP contribution is 2.08. The molecule has 10 heteroatoms. The van der Waals surface area contributed by atoms with Crippen molar-refractivity contribution >= 4 is 5.95 Å². The Labute approximate surface area is 118 Å². The zero-order chi connectivity index (χ0) is 15.4. The van der Waals surface area contributed by atoms with E-state index in [4.69, 9.17) is 4.74 Å². The lowest BCUT2D eigenvalue weighted by Crippen LogP contribution is -2.23. The average molecular weight is 292 g/mol. The topological polar surface area (TPSA) is 125 Å². The van der Waals surface area contributed by atoms with Crippen LogP contribution in [-0.2, 0) is 13.5 Å². The van der Waals surface area contributed by atoms with Gasteiger partial charge in [0.2, 0.25) is 0 Å². The van der Waals surface area contributed by atoms with Gasteiger partial charge in [-0.05, 0) is 5.56 Å². The number of rotatable bonds is 5. The van der Waals surface area contributed by atoms with Gasteiger partial charge in [0.1, 0.15) is 0 Å². The van der Waals surface area contributed by atoms with Crippen LogP contribution in [0.2, 0.25) is 0 Å². The Balaban J connectivity index is 2.25. The van der Waals surface area contributed by atoms with Crippen LogP contribution in [0.15, 0.2) is 23.4 Å². The van der Waals surface area contributed by atoms with E-state index in [1.165, 1.54) is 30.3 Å². The van der Waals surface area contributed by atoms with Crippen molar-refractivity contribution in [3.63, 3.8) is 0 Å². The number of hydrogen-bond donors (Lipinski definition) is 1. The van der Waals surface area contributed by atoms with E-state index in [9.17, 15) is 14.9 Å². The molecule has 2 rings (SSSR count). The van der Waals surface area contributed by atoms with Gasteiger partial charge in [-0.25, -0.2) is 20.1 Å². The first-order valence-electron chi connectivity index (χ1n) is 5.82. The van der Waals surface area contributed by atoms with Crippen LogP contribution in [0.3, 0.4) is 0 Å². The molecule has 2 aromatic heterocycles. The van der Waals surface area contributed by atoms with Gasteiger partial charge in [-0.3, -0.25) is 4.79 Å². The summed E-state index contributed by atoms with van der Waals surface area (Å²) in [6.07, 6.45) is 4.82. The Kier molecular flexibility index (Phi) is 4.07. The van der Waals surface area contributed by atoms with Crippen molar-refractivity contribution in [2.45, 2.75) is 6.42 Å². The predicted molar refractivity (Wildman–Crippen MR) is 71.5 cm³/mol. The van der Waals surface area contributed by atoms with E-state index in [0.717, 1.165) is 0 Å². The molecule has 0 aromatic carbocycles. The second-order valence-electron chi connectivity index (χ2n) is 4.13. The van der Waals surface area contributed by atoms with E-state index >= 15 is 0 Å². The number of hydrazine groups is 1. The molecule has 0 unspecified atom stereocenters. The van der Waals surface area contributed by atoms with Gasteiger partial charge in [0, 0.05) is 37.6 Å². The van der Waals surface area contributed by atoms with Crippen molar-refractivity contribution in [1.29, 1.82) is 0 Å². The highest BCUT2D eigenvalue weighted by Gasteiger charge is 2.10. The number of aromatic nitrogens is 4. The number of anilines is 1. The molecular formula is C11H12N6O4. The molecule has 0 radical (unpaired) electrons. The van der Waals surface area contributed by atoms with Crippen molar-refractivity contribution in [2.24, 2.45) is 7.05 Å². The molecule has 0 spiro atoms. The van der Waals surface area contributed by atoms with Crippen molar-refractivity contribution in [1.82, 2.24) is 19.5 Å². The average Bonchev–Trinajstić information content (AvgIpc) is 2.44. The molecule has 21 heavy (non-hydrogen) atoms. The second-order valence-corrected chi connectivity index (χ2v) is 4.13. The van der Waals surface area contributed by atoms with E-state index in [1.54, 1.807) is 7.05 Å². The quantitative estimate of drug-likeness (QED) is 0.592. The van der Waals surface area contributed by atoms with E-state index < -0.39 is 10.6 Å². The maximum Gasteiger partial charge on any atom is 0.316 e. The van der Waals surface area contributed by atoms with E-state index in [1.807, 2.05) is 5.43 Å². The van der Waals surface area contributed by atoms with E-state index in [-0.39, 0.29) is 18.4 Å². The summed E-state index contributed by atoms with van der Waals surface area (Å²) in [5.74, 6) is -0.139. The fourth-order valence-electron chi connectivity index (χ4n) is 1.66. The number of nitrogens with one attached hydrogen (secondary N) is 1. The third-order valence-corrected chi connectivity index (χ3v) is 2.62. The molecule has 10 nitrogen and oxygen atoms in total. The minimum Gasteiger partial charge on any atom is -0.467 e. The largest absolute Gasteiger partial charge is 0.467 e. The number of methoxy groups -OCH3 is 1. The van der Waals surface area contributed by atoms with Gasteiger partial charge in [0.05, 0.1) is 7.11 Å². The SMILES string of the molecule is COc1ncc(Cc2cn(C)c(N[N+](=O)[O-])nc2=O)cn1. The van der Waals surface area contributed by atoms with Crippen molar-refractivity contribution < 1.29 is 9.77 Å². The first kappa shape index (κ1) is 14.4. The maximum absolute atomic E-state index is 11.8. The smallest absolute Gasteiger partial charge is 0.316 e. The summed E-state index contributed by atoms with van der Waals surface area (Å²) in [4.78, 5) is 33.7. The van der Waals surface area contributed by atoms with Crippen molar-refractivity contribution in [3.8, 4) is 6.01 Å². The van der Waals surface area contributed by atoms with Crippen LogP contribution in [0.25, 0.3) is 0 Å². The Morgan fingerprint density at radius 1 is 1.43 bits per heavy atom. The first-order valence-corrected chi connectivity index (χ1v) is 5.82. The van der Waals surface area contributed by atoms with E-state index in [2.05, 4.69) is 15.0 Å². The van der Waals surface area contributed by atoms with Crippen LogP contribution in [-0.4, -0.2) is 31.7 Å². The van der Waals surface area contributed by atoms with Crippen LogP contribution in [0.4, 0.5) is 5.95 Å². The third kappa shape index (κ3) is 3.49. The van der Waals surface area contributed by atoms with Crippen LogP contribution < -0.4 is 15.7 Å². The summed E-state index contributed by atoms with van der Waals surface area (Å²) in [5.41, 5.74) is 2.38. The summed E-state index contributed by atoms with van der Waals surface area (Å²) in [6, 6.07) is 0.232. The standard InChI is InChI=1S/C11H12N6O4/c1-16-6-8(9(18)14-10(16)15-17(19)20)3-7-4-12-11(21-2)13-5-7/h4-6H,3H2,1-2H3,(H,14,15,18). The van der Waals surface area contributed by atoms with Gasteiger partial charge in [0.25, 0.3) is 11.5 Å². The summed E-state index contributed by atoms with van der Waals surface area (Å²) in [5, 5.41) is 9.60. The fraction of sp³-hybridized carbons (Fsp3) is 0.273. The Hall–Kier alpha value is -3.04. The molecule has 0 saturated heterocycles. The molecule has 2 heterocycles. The second kappa shape index (κ2) is 5.94. The summed E-state index contributed by atoms with van der Waals surface area (Å²) < 4.78 is 6.21. The lowest BCUT2D eigenvalue weighted by Gasteiger charge is -2.07. The monoisotopic (exact) mass is 292 g/mol. The molecule has 0 atom stereocenters. The van der Waals surface area contributed by atoms with Gasteiger partial charge < -0.3 is 9.30 Å². The molecule has 0 amide bonds. The molecule has 1 N–H and O–H groups in total. The number of ether oxygens (including phenoxy) is 1. The summed E-state index contributed by atoms with van der Waals surface area (Å²) in [7, 11) is 3.00. The Morgan fingerprint density at radius 2 is 2.10 bits per heavy atom. The molecule has 0 aliphatic carbocycles. The van der Waals surface area contributed by atoms with Gasteiger partial charge in [-0.1, -0.05) is 5.43 Å². The van der Waals surface area contributed by atoms with Gasteiger partial charge in [-0.2, -0.15) is 4.98 Å². The Morgan fingerprint density at radius 3 is 2.67 bits per heavy atom. The predicted octanol–water partition coefficient (Wildman–Crippen LogP) is -0.227. The Bertz CT molecular complexity index is 712. The van der Waals surface area contributed by atoms with Crippen LogP contribution >= 0.6 is 0 Å². The van der Waals surface area contributed by atoms with Crippen LogP contribution in [0, 0.1) is 10.1 Å². The molecule has 0 aliphatic rings. The van der Waals surface area contributed by atoms with Crippen molar-refractivity contribution in [3.05, 3.63) is 50.2 Å². The molecule has 0 saturated carbocycles. The molecule has 0 aliphatic heterocycles. The van der Waals surface area contributed by atoms with E-state index in [0.29, 0.717) is 11.1 Å². The number of nitro groups is 1. The molecule has 0 bridgehead atoms. The fourth-order valence-corrected chi connectivity index (χ4v) is 1.66. The first-order chi connectivity index (χ1) is 9.99. The molecule has 110 valence electrons. The highest BCUT2D eigenvalue weighted by molar-refractivity contribution is 5.26. The zero-order valence-corrected chi connectivity index (χ0v) is 11.3. The summed E-state index contributed by atoms with van der Waals surface area (Å²) >= 11 is 0. The third-order valence-electron chi connectivity index (χ3n) is 2.62. The maximum atomic E-state index is 11.8. The normalized spacial score (nSPS) is 10.2. The van der Waals surface area contributed by atoms with Gasteiger partial charge in [0.15, 0.2) is 5.03 Å². The number of aryl methyl sites for hydroxylation is 1. The lowest BCUT2D eigenvalue weighted by molar-refractivity contribution is -0.446. The van der Waals surface area contributed by atoms with Crippen LogP contribution in [0.1, 0.15) is 11.1 Å². The molecule has 0 fully saturated rings. The molecule has 2 aromatic rings. The van der Waals surface area contributed by atoms with Gasteiger partial charge in [-0.15, -0.1) is 0 Å². The lowest BCUT2D eigenvalue weighted by atomic mass is 10.1. The molecular weight excluding hydrogens is 280 g/mol.